The number of piperazine rings is 1. The number of nitrogens with zero attached hydrogens (tertiary/aromatic N) is 4. The van der Waals surface area contributed by atoms with Crippen LogP contribution in [0.3, 0.4) is 0 Å². The Labute approximate surface area is 239 Å². The quantitative estimate of drug-likeness (QED) is 0.389. The van der Waals surface area contributed by atoms with Crippen LogP contribution in [0.4, 0.5) is 5.82 Å². The summed E-state index contributed by atoms with van der Waals surface area (Å²) in [4.78, 5) is 25.0. The van der Waals surface area contributed by atoms with Crippen molar-refractivity contribution >= 4 is 39.3 Å². The minimum atomic E-state index is -0.122. The lowest BCUT2D eigenvalue weighted by molar-refractivity contribution is 0.0950. The topological polar surface area (TPSA) is 51.7 Å². The van der Waals surface area contributed by atoms with Gasteiger partial charge < -0.3 is 10.2 Å². The predicted octanol–water partition coefficient (Wildman–Crippen LogP) is 5.52. The first kappa shape index (κ1) is 27.1. The average molecular weight is 597 g/mol. The summed E-state index contributed by atoms with van der Waals surface area (Å²) in [6.45, 7) is 9.87. The molecule has 1 N–H and O–H groups in total. The first-order valence-corrected chi connectivity index (χ1v) is 14.6. The second-order valence-electron chi connectivity index (χ2n) is 10.3. The molecule has 0 spiro atoms. The fourth-order valence-corrected chi connectivity index (χ4v) is 6.02. The van der Waals surface area contributed by atoms with E-state index in [1.54, 1.807) is 6.20 Å². The molecular formula is C30H35BrClN5O. The number of pyridine rings is 1. The van der Waals surface area contributed by atoms with Gasteiger partial charge in [0.15, 0.2) is 0 Å². The van der Waals surface area contributed by atoms with Gasteiger partial charge in [-0.2, -0.15) is 0 Å². The maximum absolute atomic E-state index is 12.7. The summed E-state index contributed by atoms with van der Waals surface area (Å²) in [7, 11) is 0. The second kappa shape index (κ2) is 12.6. The average Bonchev–Trinajstić information content (AvgIpc) is 2.93. The normalized spacial score (nSPS) is 17.5. The Morgan fingerprint density at radius 2 is 1.74 bits per heavy atom. The van der Waals surface area contributed by atoms with E-state index in [2.05, 4.69) is 60.2 Å². The van der Waals surface area contributed by atoms with Crippen LogP contribution < -0.4 is 10.2 Å². The number of amides is 1. The number of piperidine rings is 1. The van der Waals surface area contributed by atoms with Gasteiger partial charge in [-0.1, -0.05) is 51.8 Å². The molecule has 200 valence electrons. The highest BCUT2D eigenvalue weighted by Gasteiger charge is 2.28. The Balaban J connectivity index is 1.08. The van der Waals surface area contributed by atoms with Gasteiger partial charge >= 0.3 is 0 Å². The van der Waals surface area contributed by atoms with Gasteiger partial charge in [0.25, 0.3) is 5.91 Å². The van der Waals surface area contributed by atoms with Crippen molar-refractivity contribution < 1.29 is 4.79 Å². The molecule has 2 fully saturated rings. The van der Waals surface area contributed by atoms with Crippen molar-refractivity contribution in [3.05, 3.63) is 92.5 Å². The number of anilines is 1. The maximum Gasteiger partial charge on any atom is 0.253 e. The van der Waals surface area contributed by atoms with Crippen molar-refractivity contribution in [3.8, 4) is 0 Å². The Bertz CT molecular complexity index is 1240. The highest BCUT2D eigenvalue weighted by molar-refractivity contribution is 9.10. The Morgan fingerprint density at radius 1 is 1.00 bits per heavy atom. The summed E-state index contributed by atoms with van der Waals surface area (Å²) < 4.78 is 1.14. The highest BCUT2D eigenvalue weighted by Crippen LogP contribution is 2.24. The Kier molecular flexibility index (Phi) is 9.00. The Morgan fingerprint density at radius 3 is 2.42 bits per heavy atom. The molecule has 0 aliphatic carbocycles. The Hall–Kier alpha value is -2.45. The molecule has 8 heteroatoms. The molecule has 2 aliphatic heterocycles. The van der Waals surface area contributed by atoms with Crippen LogP contribution in [0, 0.1) is 6.92 Å². The lowest BCUT2D eigenvalue weighted by atomic mass is 10.0. The van der Waals surface area contributed by atoms with Crippen LogP contribution in [-0.4, -0.2) is 66.0 Å². The fourth-order valence-electron chi connectivity index (χ4n) is 5.54. The van der Waals surface area contributed by atoms with Gasteiger partial charge in [-0.05, 0) is 79.9 Å². The molecular weight excluding hydrogens is 562 g/mol. The molecule has 0 atom stereocenters. The number of likely N-dealkylation sites (tertiary alicyclic amines) is 1. The number of hydrogen-bond acceptors (Lipinski definition) is 5. The third-order valence-corrected chi connectivity index (χ3v) is 8.43. The summed E-state index contributed by atoms with van der Waals surface area (Å²) in [6, 6.07) is 18.8. The minimum absolute atomic E-state index is 0.122. The molecule has 6 nitrogen and oxygen atoms in total. The van der Waals surface area contributed by atoms with E-state index in [1.165, 1.54) is 18.4 Å². The predicted molar refractivity (Wildman–Crippen MR) is 158 cm³/mol. The van der Waals surface area contributed by atoms with Gasteiger partial charge in [0.1, 0.15) is 5.82 Å². The molecule has 0 radical (unpaired) electrons. The van der Waals surface area contributed by atoms with Crippen LogP contribution in [0.2, 0.25) is 5.02 Å². The van der Waals surface area contributed by atoms with Crippen LogP contribution in [0.25, 0.3) is 0 Å². The van der Waals surface area contributed by atoms with E-state index in [0.717, 1.165) is 67.2 Å². The highest BCUT2D eigenvalue weighted by atomic mass is 79.9. The summed E-state index contributed by atoms with van der Waals surface area (Å²) >= 11 is 9.57. The molecule has 3 aromatic rings. The van der Waals surface area contributed by atoms with Crippen LogP contribution in [-0.2, 0) is 13.1 Å². The van der Waals surface area contributed by atoms with E-state index in [1.807, 2.05) is 37.3 Å². The smallest absolute Gasteiger partial charge is 0.253 e. The van der Waals surface area contributed by atoms with E-state index < -0.39 is 0 Å². The first-order chi connectivity index (χ1) is 18.4. The van der Waals surface area contributed by atoms with Gasteiger partial charge in [-0.25, -0.2) is 4.98 Å². The molecule has 0 unspecified atom stereocenters. The number of carbonyl (C=O) groups excluding carboxylic acids is 1. The van der Waals surface area contributed by atoms with Crippen LogP contribution in [0.15, 0.2) is 65.3 Å². The number of carbonyl (C=O) groups is 1. The van der Waals surface area contributed by atoms with E-state index in [-0.39, 0.29) is 5.91 Å². The van der Waals surface area contributed by atoms with Crippen LogP contribution >= 0.6 is 27.5 Å². The lowest BCUT2D eigenvalue weighted by Gasteiger charge is -2.43. The third kappa shape index (κ3) is 6.94. The molecule has 5 rings (SSSR count). The number of aromatic nitrogens is 1. The van der Waals surface area contributed by atoms with Crippen molar-refractivity contribution in [2.24, 2.45) is 0 Å². The molecule has 2 aromatic carbocycles. The SMILES string of the molecule is Cc1cc(C(=O)NCc2cccc(Cl)c2)cnc1N1CCN(C2CCN(Cc3ccc(Br)cc3)CC2)CC1. The first-order valence-electron chi connectivity index (χ1n) is 13.4. The zero-order chi connectivity index (χ0) is 26.5. The van der Waals surface area contributed by atoms with Gasteiger partial charge in [-0.3, -0.25) is 14.6 Å². The van der Waals surface area contributed by atoms with Gasteiger partial charge in [0.05, 0.1) is 5.56 Å². The van der Waals surface area contributed by atoms with Gasteiger partial charge in [-0.15, -0.1) is 0 Å². The third-order valence-electron chi connectivity index (χ3n) is 7.66. The molecule has 0 bridgehead atoms. The van der Waals surface area contributed by atoms with Crippen LogP contribution in [0.5, 0.6) is 0 Å². The lowest BCUT2D eigenvalue weighted by Crippen LogP contribution is -2.53. The summed E-state index contributed by atoms with van der Waals surface area (Å²) in [5.74, 6) is 0.865. The summed E-state index contributed by atoms with van der Waals surface area (Å²) in [5, 5.41) is 3.63. The van der Waals surface area contributed by atoms with Crippen molar-refractivity contribution in [2.75, 3.05) is 44.2 Å². The fraction of sp³-hybridized carbons (Fsp3) is 0.400. The number of rotatable bonds is 7. The number of nitrogens with one attached hydrogen (secondary N) is 1. The zero-order valence-electron chi connectivity index (χ0n) is 21.9. The van der Waals surface area contributed by atoms with E-state index in [4.69, 9.17) is 16.6 Å². The van der Waals surface area contributed by atoms with Crippen molar-refractivity contribution in [1.29, 1.82) is 0 Å². The number of aryl methyl sites for hydroxylation is 1. The molecule has 2 aliphatic rings. The van der Waals surface area contributed by atoms with Crippen molar-refractivity contribution in [1.82, 2.24) is 20.1 Å². The van der Waals surface area contributed by atoms with Crippen molar-refractivity contribution in [3.63, 3.8) is 0 Å². The number of halogens is 2. The summed E-state index contributed by atoms with van der Waals surface area (Å²) in [6.07, 6.45) is 4.16. The monoisotopic (exact) mass is 595 g/mol. The van der Waals surface area contributed by atoms with Gasteiger partial charge in [0, 0.05) is 61.0 Å². The molecule has 3 heterocycles. The van der Waals surface area contributed by atoms with Crippen molar-refractivity contribution in [2.45, 2.75) is 38.9 Å². The molecule has 1 aromatic heterocycles. The second-order valence-corrected chi connectivity index (χ2v) is 11.7. The van der Waals surface area contributed by atoms with E-state index >= 15 is 0 Å². The molecule has 38 heavy (non-hydrogen) atoms. The number of hydrogen-bond donors (Lipinski definition) is 1. The van der Waals surface area contributed by atoms with Crippen LogP contribution in [0.1, 0.15) is 39.9 Å². The standard InChI is InChI=1S/C30H35BrClN5O/c1-22-17-25(30(38)34-19-24-3-2-4-27(32)18-24)20-33-29(22)37-15-13-36(14-16-37)28-9-11-35(12-10-28)21-23-5-7-26(31)8-6-23/h2-8,17-18,20,28H,9-16,19,21H2,1H3,(H,34,38). The largest absolute Gasteiger partial charge is 0.354 e. The molecule has 0 saturated carbocycles. The molecule has 2 saturated heterocycles. The summed E-state index contributed by atoms with van der Waals surface area (Å²) in [5.41, 5.74) is 3.98. The number of benzene rings is 2. The molecule has 1 amide bonds. The zero-order valence-corrected chi connectivity index (χ0v) is 24.2. The van der Waals surface area contributed by atoms with E-state index in [0.29, 0.717) is 23.2 Å². The minimum Gasteiger partial charge on any atom is -0.354 e. The van der Waals surface area contributed by atoms with Gasteiger partial charge in [0.2, 0.25) is 0 Å². The van der Waals surface area contributed by atoms with E-state index in [9.17, 15) is 4.79 Å². The maximum atomic E-state index is 12.7.